The molecule has 0 aliphatic heterocycles. The van der Waals surface area contributed by atoms with E-state index in [1.807, 2.05) is 19.9 Å². The Balaban J connectivity index is 2.35. The lowest BCUT2D eigenvalue weighted by atomic mass is 9.72. The van der Waals surface area contributed by atoms with Gasteiger partial charge < -0.3 is 14.7 Å². The molecule has 0 aromatic heterocycles. The van der Waals surface area contributed by atoms with Gasteiger partial charge in [-0.3, -0.25) is 4.79 Å². The van der Waals surface area contributed by atoms with Gasteiger partial charge in [0.15, 0.2) is 0 Å². The van der Waals surface area contributed by atoms with E-state index in [0.29, 0.717) is 6.54 Å². The van der Waals surface area contributed by atoms with Crippen LogP contribution in [0, 0.1) is 25.7 Å². The minimum absolute atomic E-state index is 0.0553. The first-order chi connectivity index (χ1) is 11.3. The van der Waals surface area contributed by atoms with E-state index in [1.165, 1.54) is 5.56 Å². The highest BCUT2D eigenvalue weighted by molar-refractivity contribution is 5.79. The fraction of sp³-hybridized carbons (Fsp3) is 0.550. The molecule has 0 saturated carbocycles. The van der Waals surface area contributed by atoms with E-state index in [-0.39, 0.29) is 17.7 Å². The van der Waals surface area contributed by atoms with E-state index in [9.17, 15) is 9.90 Å². The summed E-state index contributed by atoms with van der Waals surface area (Å²) in [5.74, 6) is 0.542. The Bertz CT molecular complexity index is 638. The third-order valence-electron chi connectivity index (χ3n) is 5.38. The molecule has 1 N–H and O–H groups in total. The number of likely N-dealkylation sites (N-methyl/N-ethyl adjacent to an activating group) is 1. The van der Waals surface area contributed by atoms with E-state index >= 15 is 0 Å². The average Bonchev–Trinajstić information content (AvgIpc) is 2.56. The highest BCUT2D eigenvalue weighted by Crippen LogP contribution is 2.44. The molecule has 4 heteroatoms. The van der Waals surface area contributed by atoms with Gasteiger partial charge in [-0.25, -0.2) is 0 Å². The Labute approximate surface area is 145 Å². The van der Waals surface area contributed by atoms with Crippen molar-refractivity contribution in [2.45, 2.75) is 39.7 Å². The number of aryl methyl sites for hydroxylation is 1. The number of hydrogen-bond donors (Lipinski definition) is 1. The molecule has 0 radical (unpaired) electrons. The standard InChI is InChI=1S/C20H29NO3/c1-7-10-21(5)20(23)13(3)16-9-8-15-12(2)11-17(24-6)14(4)18(15)19(16)22/h7,11,13,16,19,22H,1,8-10H2,2-6H3/t13-,16?,19+/m0/s1. The molecule has 132 valence electrons. The normalized spacial score (nSPS) is 20.9. The van der Waals surface area contributed by atoms with Crippen LogP contribution in [0.4, 0.5) is 0 Å². The number of methoxy groups -OCH3 is 1. The van der Waals surface area contributed by atoms with E-state index < -0.39 is 6.10 Å². The van der Waals surface area contributed by atoms with Crippen molar-refractivity contribution < 1.29 is 14.6 Å². The molecule has 1 aliphatic carbocycles. The summed E-state index contributed by atoms with van der Waals surface area (Å²) >= 11 is 0. The third kappa shape index (κ3) is 3.20. The molecule has 0 spiro atoms. The first kappa shape index (κ1) is 18.5. The second-order valence-corrected chi connectivity index (χ2v) is 6.86. The zero-order chi connectivity index (χ0) is 18.0. The molecule has 0 heterocycles. The summed E-state index contributed by atoms with van der Waals surface area (Å²) < 4.78 is 5.46. The largest absolute Gasteiger partial charge is 0.496 e. The van der Waals surface area contributed by atoms with Crippen LogP contribution < -0.4 is 4.74 Å². The van der Waals surface area contributed by atoms with Crippen molar-refractivity contribution in [2.75, 3.05) is 20.7 Å². The Morgan fingerprint density at radius 2 is 2.21 bits per heavy atom. The van der Waals surface area contributed by atoms with Gasteiger partial charge in [0.25, 0.3) is 0 Å². The monoisotopic (exact) mass is 331 g/mol. The van der Waals surface area contributed by atoms with Gasteiger partial charge in [0, 0.05) is 25.4 Å². The average molecular weight is 331 g/mol. The van der Waals surface area contributed by atoms with E-state index in [4.69, 9.17) is 4.74 Å². The lowest BCUT2D eigenvalue weighted by molar-refractivity contribution is -0.137. The number of aliphatic hydroxyl groups excluding tert-OH is 1. The number of ether oxygens (including phenoxy) is 1. The molecule has 1 aromatic carbocycles. The van der Waals surface area contributed by atoms with Gasteiger partial charge in [-0.2, -0.15) is 0 Å². The van der Waals surface area contributed by atoms with Crippen LogP contribution in [0.2, 0.25) is 0 Å². The number of benzene rings is 1. The Morgan fingerprint density at radius 3 is 2.79 bits per heavy atom. The summed E-state index contributed by atoms with van der Waals surface area (Å²) in [6, 6.07) is 2.04. The van der Waals surface area contributed by atoms with Crippen LogP contribution in [0.25, 0.3) is 0 Å². The Hall–Kier alpha value is -1.81. The van der Waals surface area contributed by atoms with Gasteiger partial charge >= 0.3 is 0 Å². The van der Waals surface area contributed by atoms with Crippen molar-refractivity contribution >= 4 is 5.91 Å². The van der Waals surface area contributed by atoms with Crippen molar-refractivity contribution in [3.8, 4) is 5.75 Å². The number of amides is 1. The molecule has 24 heavy (non-hydrogen) atoms. The van der Waals surface area contributed by atoms with Gasteiger partial charge in [0.05, 0.1) is 13.2 Å². The number of carbonyl (C=O) groups is 1. The van der Waals surface area contributed by atoms with Crippen LogP contribution in [0.1, 0.15) is 41.7 Å². The molecule has 1 aliphatic rings. The predicted molar refractivity (Wildman–Crippen MR) is 96.2 cm³/mol. The highest BCUT2D eigenvalue weighted by atomic mass is 16.5. The van der Waals surface area contributed by atoms with Crippen molar-refractivity contribution in [2.24, 2.45) is 11.8 Å². The molecule has 0 fully saturated rings. The highest BCUT2D eigenvalue weighted by Gasteiger charge is 2.37. The second kappa shape index (κ2) is 7.39. The van der Waals surface area contributed by atoms with Crippen molar-refractivity contribution in [1.29, 1.82) is 0 Å². The molecule has 4 nitrogen and oxygen atoms in total. The molecule has 2 rings (SSSR count). The molecule has 1 amide bonds. The first-order valence-electron chi connectivity index (χ1n) is 8.54. The predicted octanol–water partition coefficient (Wildman–Crippen LogP) is 3.19. The minimum Gasteiger partial charge on any atom is -0.496 e. The van der Waals surface area contributed by atoms with Gasteiger partial charge in [-0.05, 0) is 55.0 Å². The molecule has 0 bridgehead atoms. The first-order valence-corrected chi connectivity index (χ1v) is 8.54. The topological polar surface area (TPSA) is 49.8 Å². The zero-order valence-electron chi connectivity index (χ0n) is 15.4. The second-order valence-electron chi connectivity index (χ2n) is 6.86. The molecule has 1 unspecified atom stereocenters. The van der Waals surface area contributed by atoms with Gasteiger partial charge in [-0.15, -0.1) is 6.58 Å². The fourth-order valence-electron chi connectivity index (χ4n) is 3.93. The number of nitrogens with zero attached hydrogens (tertiary/aromatic N) is 1. The summed E-state index contributed by atoms with van der Waals surface area (Å²) in [4.78, 5) is 14.3. The van der Waals surface area contributed by atoms with E-state index in [2.05, 4.69) is 13.5 Å². The number of hydrogen-bond acceptors (Lipinski definition) is 3. The van der Waals surface area contributed by atoms with Gasteiger partial charge in [0.1, 0.15) is 5.75 Å². The van der Waals surface area contributed by atoms with Crippen LogP contribution in [-0.2, 0) is 11.2 Å². The van der Waals surface area contributed by atoms with E-state index in [1.54, 1.807) is 25.1 Å². The maximum Gasteiger partial charge on any atom is 0.225 e. The van der Waals surface area contributed by atoms with Gasteiger partial charge in [-0.1, -0.05) is 13.0 Å². The SMILES string of the molecule is C=CCN(C)C(=O)[C@@H](C)C1CCc2c(C)cc(OC)c(C)c2[C@@H]1O. The van der Waals surface area contributed by atoms with Crippen LogP contribution in [-0.4, -0.2) is 36.6 Å². The summed E-state index contributed by atoms with van der Waals surface area (Å²) in [7, 11) is 3.43. The minimum atomic E-state index is -0.640. The Morgan fingerprint density at radius 1 is 1.54 bits per heavy atom. The van der Waals surface area contributed by atoms with Crippen molar-refractivity contribution in [3.63, 3.8) is 0 Å². The Kier molecular flexibility index (Phi) is 5.70. The van der Waals surface area contributed by atoms with Crippen LogP contribution >= 0.6 is 0 Å². The summed E-state index contributed by atoms with van der Waals surface area (Å²) in [5.41, 5.74) is 4.28. The lowest BCUT2D eigenvalue weighted by Crippen LogP contribution is -2.39. The number of aliphatic hydroxyl groups is 1. The smallest absolute Gasteiger partial charge is 0.225 e. The van der Waals surface area contributed by atoms with Crippen molar-refractivity contribution in [1.82, 2.24) is 4.90 Å². The maximum absolute atomic E-state index is 12.6. The summed E-state index contributed by atoms with van der Waals surface area (Å²) in [6.07, 6.45) is 2.78. The number of fused-ring (bicyclic) bond motifs is 1. The molecule has 1 aromatic rings. The zero-order valence-corrected chi connectivity index (χ0v) is 15.4. The number of rotatable bonds is 5. The quantitative estimate of drug-likeness (QED) is 0.843. The third-order valence-corrected chi connectivity index (χ3v) is 5.38. The van der Waals surface area contributed by atoms with Gasteiger partial charge in [0.2, 0.25) is 5.91 Å². The lowest BCUT2D eigenvalue weighted by Gasteiger charge is -2.36. The summed E-state index contributed by atoms with van der Waals surface area (Å²) in [5, 5.41) is 11.0. The van der Waals surface area contributed by atoms with Crippen LogP contribution in [0.5, 0.6) is 5.75 Å². The van der Waals surface area contributed by atoms with Crippen molar-refractivity contribution in [3.05, 3.63) is 41.0 Å². The molecule has 3 atom stereocenters. The number of carbonyl (C=O) groups excluding carboxylic acids is 1. The van der Waals surface area contributed by atoms with Crippen LogP contribution in [0.3, 0.4) is 0 Å². The molecule has 0 saturated heterocycles. The molecular formula is C20H29NO3. The fourth-order valence-corrected chi connectivity index (χ4v) is 3.93. The molecular weight excluding hydrogens is 302 g/mol. The van der Waals surface area contributed by atoms with E-state index in [0.717, 1.165) is 35.3 Å². The van der Waals surface area contributed by atoms with Crippen LogP contribution in [0.15, 0.2) is 18.7 Å². The maximum atomic E-state index is 12.6. The summed E-state index contributed by atoms with van der Waals surface area (Å²) in [6.45, 7) is 10.2.